The standard InChI is InChI=1S/C16H15N3/c1-2-18-16-11-17-10-15(19-16)14-9-5-7-12-6-3-4-8-13(12)14/h3-11H,2H2,1H3,(H,18,19). The van der Waals surface area contributed by atoms with Crippen molar-refractivity contribution in [2.45, 2.75) is 6.92 Å². The molecule has 0 unspecified atom stereocenters. The summed E-state index contributed by atoms with van der Waals surface area (Å²) in [6.07, 6.45) is 3.56. The minimum atomic E-state index is 0.813. The van der Waals surface area contributed by atoms with Gasteiger partial charge in [0, 0.05) is 12.1 Å². The maximum atomic E-state index is 4.61. The molecule has 0 aliphatic carbocycles. The molecule has 1 heterocycles. The number of rotatable bonds is 3. The van der Waals surface area contributed by atoms with Crippen LogP contribution in [0.25, 0.3) is 22.0 Å². The van der Waals surface area contributed by atoms with Crippen molar-refractivity contribution >= 4 is 16.6 Å². The first-order valence-corrected chi connectivity index (χ1v) is 6.42. The van der Waals surface area contributed by atoms with Crippen LogP contribution >= 0.6 is 0 Å². The topological polar surface area (TPSA) is 37.8 Å². The lowest BCUT2D eigenvalue weighted by atomic mass is 10.0. The van der Waals surface area contributed by atoms with E-state index < -0.39 is 0 Å². The molecule has 94 valence electrons. The Hall–Kier alpha value is -2.42. The minimum absolute atomic E-state index is 0.813. The molecule has 0 atom stereocenters. The van der Waals surface area contributed by atoms with Crippen LogP contribution in [-0.4, -0.2) is 16.5 Å². The number of nitrogens with zero attached hydrogens (tertiary/aromatic N) is 2. The molecule has 0 aliphatic heterocycles. The average molecular weight is 249 g/mol. The Morgan fingerprint density at radius 1 is 1.00 bits per heavy atom. The lowest BCUT2D eigenvalue weighted by molar-refractivity contribution is 1.13. The van der Waals surface area contributed by atoms with E-state index in [2.05, 4.69) is 45.6 Å². The van der Waals surface area contributed by atoms with Crippen LogP contribution in [0.2, 0.25) is 0 Å². The Kier molecular flexibility index (Phi) is 3.11. The third-order valence-corrected chi connectivity index (χ3v) is 3.06. The van der Waals surface area contributed by atoms with Gasteiger partial charge in [-0.25, -0.2) is 4.98 Å². The van der Waals surface area contributed by atoms with Crippen molar-refractivity contribution in [3.63, 3.8) is 0 Å². The third kappa shape index (κ3) is 2.27. The molecule has 0 bridgehead atoms. The maximum Gasteiger partial charge on any atom is 0.145 e. The molecule has 0 saturated carbocycles. The summed E-state index contributed by atoms with van der Waals surface area (Å²) in [5.74, 6) is 0.813. The van der Waals surface area contributed by atoms with Crippen LogP contribution in [0.5, 0.6) is 0 Å². The monoisotopic (exact) mass is 249 g/mol. The van der Waals surface area contributed by atoms with E-state index >= 15 is 0 Å². The fourth-order valence-corrected chi connectivity index (χ4v) is 2.21. The van der Waals surface area contributed by atoms with E-state index in [0.717, 1.165) is 23.6 Å². The van der Waals surface area contributed by atoms with Gasteiger partial charge in [-0.1, -0.05) is 42.5 Å². The summed E-state index contributed by atoms with van der Waals surface area (Å²) in [5.41, 5.74) is 2.01. The first-order valence-electron chi connectivity index (χ1n) is 6.42. The van der Waals surface area contributed by atoms with E-state index in [9.17, 15) is 0 Å². The summed E-state index contributed by atoms with van der Waals surface area (Å²) in [7, 11) is 0. The summed E-state index contributed by atoms with van der Waals surface area (Å²) >= 11 is 0. The average Bonchev–Trinajstić information content (AvgIpc) is 2.47. The Bertz CT molecular complexity index is 702. The van der Waals surface area contributed by atoms with Crippen LogP contribution in [0.4, 0.5) is 5.82 Å². The van der Waals surface area contributed by atoms with Crippen molar-refractivity contribution in [2.24, 2.45) is 0 Å². The number of anilines is 1. The van der Waals surface area contributed by atoms with Crippen molar-refractivity contribution in [3.05, 3.63) is 54.9 Å². The fraction of sp³-hybridized carbons (Fsp3) is 0.125. The molecular weight excluding hydrogens is 234 g/mol. The summed E-state index contributed by atoms with van der Waals surface area (Å²) in [6.45, 7) is 2.89. The summed E-state index contributed by atoms with van der Waals surface area (Å²) in [6, 6.07) is 14.6. The van der Waals surface area contributed by atoms with Crippen molar-refractivity contribution < 1.29 is 0 Å². The second-order valence-corrected chi connectivity index (χ2v) is 4.35. The van der Waals surface area contributed by atoms with Gasteiger partial charge < -0.3 is 5.32 Å². The quantitative estimate of drug-likeness (QED) is 0.768. The molecule has 0 amide bonds. The third-order valence-electron chi connectivity index (χ3n) is 3.06. The van der Waals surface area contributed by atoms with Crippen molar-refractivity contribution in [1.82, 2.24) is 9.97 Å². The number of hydrogen-bond acceptors (Lipinski definition) is 3. The van der Waals surface area contributed by atoms with Gasteiger partial charge in [0.25, 0.3) is 0 Å². The number of aromatic nitrogens is 2. The molecular formula is C16H15N3. The van der Waals surface area contributed by atoms with Crippen LogP contribution < -0.4 is 5.32 Å². The molecule has 3 aromatic rings. The molecule has 1 N–H and O–H groups in total. The van der Waals surface area contributed by atoms with Gasteiger partial charge in [0.15, 0.2) is 0 Å². The molecule has 0 saturated heterocycles. The molecule has 3 heteroatoms. The Labute approximate surface area is 112 Å². The van der Waals surface area contributed by atoms with Crippen molar-refractivity contribution in [3.8, 4) is 11.3 Å². The predicted octanol–water partition coefficient (Wildman–Crippen LogP) is 3.73. The van der Waals surface area contributed by atoms with E-state index in [0.29, 0.717) is 0 Å². The van der Waals surface area contributed by atoms with Crippen LogP contribution in [-0.2, 0) is 0 Å². The lowest BCUT2D eigenvalue weighted by Crippen LogP contribution is -2.00. The minimum Gasteiger partial charge on any atom is -0.369 e. The Morgan fingerprint density at radius 2 is 1.84 bits per heavy atom. The first kappa shape index (κ1) is 11.7. The van der Waals surface area contributed by atoms with E-state index in [4.69, 9.17) is 0 Å². The van der Waals surface area contributed by atoms with Crippen LogP contribution in [0.1, 0.15) is 6.92 Å². The molecule has 0 aliphatic rings. The van der Waals surface area contributed by atoms with Gasteiger partial charge in [0.2, 0.25) is 0 Å². The molecule has 19 heavy (non-hydrogen) atoms. The fourth-order valence-electron chi connectivity index (χ4n) is 2.21. The van der Waals surface area contributed by atoms with Gasteiger partial charge in [0.1, 0.15) is 5.82 Å². The van der Waals surface area contributed by atoms with Crippen LogP contribution in [0.15, 0.2) is 54.9 Å². The first-order chi connectivity index (χ1) is 9.38. The lowest BCUT2D eigenvalue weighted by Gasteiger charge is -2.07. The Balaban J connectivity index is 2.16. The van der Waals surface area contributed by atoms with Gasteiger partial charge in [-0.2, -0.15) is 0 Å². The highest BCUT2D eigenvalue weighted by Gasteiger charge is 2.05. The van der Waals surface area contributed by atoms with E-state index in [1.807, 2.05) is 25.3 Å². The summed E-state index contributed by atoms with van der Waals surface area (Å²) in [5, 5.41) is 5.61. The molecule has 0 fully saturated rings. The van der Waals surface area contributed by atoms with Crippen LogP contribution in [0, 0.1) is 0 Å². The zero-order valence-electron chi connectivity index (χ0n) is 10.8. The molecule has 2 aromatic carbocycles. The highest BCUT2D eigenvalue weighted by Crippen LogP contribution is 2.27. The van der Waals surface area contributed by atoms with Gasteiger partial charge in [0.05, 0.1) is 18.1 Å². The smallest absolute Gasteiger partial charge is 0.145 e. The van der Waals surface area contributed by atoms with Crippen molar-refractivity contribution in [1.29, 1.82) is 0 Å². The van der Waals surface area contributed by atoms with Gasteiger partial charge in [-0.15, -0.1) is 0 Å². The zero-order chi connectivity index (χ0) is 13.1. The van der Waals surface area contributed by atoms with E-state index in [-0.39, 0.29) is 0 Å². The highest BCUT2D eigenvalue weighted by molar-refractivity contribution is 5.95. The molecule has 3 rings (SSSR count). The largest absolute Gasteiger partial charge is 0.369 e. The number of benzene rings is 2. The van der Waals surface area contributed by atoms with E-state index in [1.54, 1.807) is 6.20 Å². The molecule has 3 nitrogen and oxygen atoms in total. The number of nitrogens with one attached hydrogen (secondary N) is 1. The second kappa shape index (κ2) is 5.06. The number of hydrogen-bond donors (Lipinski definition) is 1. The van der Waals surface area contributed by atoms with E-state index in [1.165, 1.54) is 10.8 Å². The predicted molar refractivity (Wildman–Crippen MR) is 79.1 cm³/mol. The molecule has 1 aromatic heterocycles. The zero-order valence-corrected chi connectivity index (χ0v) is 10.8. The van der Waals surface area contributed by atoms with Gasteiger partial charge in [-0.3, -0.25) is 4.98 Å². The van der Waals surface area contributed by atoms with Crippen LogP contribution in [0.3, 0.4) is 0 Å². The van der Waals surface area contributed by atoms with Gasteiger partial charge >= 0.3 is 0 Å². The van der Waals surface area contributed by atoms with Gasteiger partial charge in [-0.05, 0) is 17.7 Å². The maximum absolute atomic E-state index is 4.61. The number of fused-ring (bicyclic) bond motifs is 1. The molecule has 0 spiro atoms. The SMILES string of the molecule is CCNc1cncc(-c2cccc3ccccc23)n1. The normalized spacial score (nSPS) is 10.6. The summed E-state index contributed by atoms with van der Waals surface area (Å²) < 4.78 is 0. The Morgan fingerprint density at radius 3 is 2.74 bits per heavy atom. The van der Waals surface area contributed by atoms with Crippen molar-refractivity contribution in [2.75, 3.05) is 11.9 Å². The highest BCUT2D eigenvalue weighted by atomic mass is 15.0. The molecule has 0 radical (unpaired) electrons. The summed E-state index contributed by atoms with van der Waals surface area (Å²) in [4.78, 5) is 8.87. The second-order valence-electron chi connectivity index (χ2n) is 4.35.